The molecule has 1 heterocycles. The van der Waals surface area contributed by atoms with Crippen molar-refractivity contribution >= 4 is 5.97 Å². The van der Waals surface area contributed by atoms with E-state index in [-0.39, 0.29) is 22.8 Å². The van der Waals surface area contributed by atoms with Crippen LogP contribution in [-0.4, -0.2) is 26.3 Å². The summed E-state index contributed by atoms with van der Waals surface area (Å²) in [6.45, 7) is 0. The maximum absolute atomic E-state index is 11.7. The number of esters is 1. The molecule has 1 aromatic heterocycles. The van der Waals surface area contributed by atoms with Gasteiger partial charge < -0.3 is 20.1 Å². The Balaban J connectivity index is 2.26. The third-order valence-corrected chi connectivity index (χ3v) is 2.30. The second-order valence-electron chi connectivity index (χ2n) is 3.60. The van der Waals surface area contributed by atoms with Gasteiger partial charge in [0.15, 0.2) is 11.6 Å². The van der Waals surface area contributed by atoms with Crippen LogP contribution < -0.4 is 4.74 Å². The molecule has 2 aromatic rings. The van der Waals surface area contributed by atoms with Gasteiger partial charge in [-0.3, -0.25) is 4.98 Å². The minimum Gasteiger partial charge on any atom is -0.507 e. The summed E-state index contributed by atoms with van der Waals surface area (Å²) in [5.74, 6) is -2.51. The number of benzene rings is 1. The summed E-state index contributed by atoms with van der Waals surface area (Å²) in [6.07, 6.45) is 0. The lowest BCUT2D eigenvalue weighted by atomic mass is 10.1. The second kappa shape index (κ2) is 4.62. The van der Waals surface area contributed by atoms with Crippen molar-refractivity contribution in [1.82, 2.24) is 4.98 Å². The van der Waals surface area contributed by atoms with E-state index in [1.54, 1.807) is 6.07 Å². The second-order valence-corrected chi connectivity index (χ2v) is 3.60. The van der Waals surface area contributed by atoms with Crippen LogP contribution in [0.15, 0.2) is 24.3 Å². The molecule has 7 heteroatoms. The molecule has 0 fully saturated rings. The molecule has 0 amide bonds. The van der Waals surface area contributed by atoms with Crippen LogP contribution in [0.5, 0.6) is 23.3 Å². The summed E-state index contributed by atoms with van der Waals surface area (Å²) >= 11 is 0. The van der Waals surface area contributed by atoms with Crippen LogP contribution in [0.4, 0.5) is 0 Å². The minimum atomic E-state index is -0.934. The molecule has 0 aliphatic heterocycles. The van der Waals surface area contributed by atoms with E-state index in [4.69, 9.17) is 15.1 Å². The lowest BCUT2D eigenvalue weighted by molar-refractivity contribution is 0.0726. The van der Waals surface area contributed by atoms with E-state index in [0.29, 0.717) is 0 Å². The number of phenolic OH excluding ortho intramolecular Hbond substituents is 1. The van der Waals surface area contributed by atoms with Crippen molar-refractivity contribution in [3.05, 3.63) is 35.4 Å². The molecule has 96 valence electrons. The first-order valence-electron chi connectivity index (χ1n) is 5.07. The minimum absolute atomic E-state index is 0.168. The van der Waals surface area contributed by atoms with E-state index in [0.717, 1.165) is 12.1 Å². The number of aromatic hydroxyl groups is 3. The number of hydrogen-bond acceptors (Lipinski definition) is 6. The number of aromatic amines is 1. The van der Waals surface area contributed by atoms with Crippen molar-refractivity contribution in [3.63, 3.8) is 0 Å². The molecule has 0 atom stereocenters. The van der Waals surface area contributed by atoms with E-state index >= 15 is 0 Å². The molecular weight excluding hydrogens is 252 g/mol. The van der Waals surface area contributed by atoms with Crippen LogP contribution in [0.2, 0.25) is 0 Å². The highest BCUT2D eigenvalue weighted by Crippen LogP contribution is 2.31. The molecule has 0 unspecified atom stereocenters. The zero-order chi connectivity index (χ0) is 14.0. The lowest BCUT2D eigenvalue weighted by Crippen LogP contribution is -2.08. The van der Waals surface area contributed by atoms with Crippen LogP contribution in [0.1, 0.15) is 15.9 Å². The molecule has 1 aromatic carbocycles. The van der Waals surface area contributed by atoms with E-state index < -0.39 is 17.6 Å². The number of H-pyrrole nitrogens is 1. The Hall–Kier alpha value is -3.14. The van der Waals surface area contributed by atoms with E-state index in [1.165, 1.54) is 12.1 Å². The van der Waals surface area contributed by atoms with Gasteiger partial charge in [-0.15, -0.1) is 0 Å². The van der Waals surface area contributed by atoms with Crippen LogP contribution in [-0.2, 0) is 0 Å². The zero-order valence-electron chi connectivity index (χ0n) is 9.41. The quantitative estimate of drug-likeness (QED) is 0.601. The molecule has 0 aliphatic carbocycles. The summed E-state index contributed by atoms with van der Waals surface area (Å²) < 4.78 is 4.78. The highest BCUT2D eigenvalue weighted by atomic mass is 16.5. The summed E-state index contributed by atoms with van der Waals surface area (Å²) in [5, 5.41) is 36.5. The van der Waals surface area contributed by atoms with Gasteiger partial charge in [-0.05, 0) is 18.2 Å². The van der Waals surface area contributed by atoms with Crippen LogP contribution in [0.25, 0.3) is 0 Å². The van der Waals surface area contributed by atoms with Crippen molar-refractivity contribution < 1.29 is 24.9 Å². The molecule has 0 saturated heterocycles. The summed E-state index contributed by atoms with van der Waals surface area (Å²) in [4.78, 5) is 13.8. The van der Waals surface area contributed by atoms with Crippen LogP contribution in [0, 0.1) is 11.3 Å². The number of rotatable bonds is 2. The first-order chi connectivity index (χ1) is 9.01. The summed E-state index contributed by atoms with van der Waals surface area (Å²) in [7, 11) is 0. The van der Waals surface area contributed by atoms with E-state index in [9.17, 15) is 15.0 Å². The average Bonchev–Trinajstić information content (AvgIpc) is 2.67. The van der Waals surface area contributed by atoms with E-state index in [1.807, 2.05) is 0 Å². The predicted molar refractivity (Wildman–Crippen MR) is 61.9 cm³/mol. The van der Waals surface area contributed by atoms with Gasteiger partial charge in [0.25, 0.3) is 0 Å². The van der Waals surface area contributed by atoms with Gasteiger partial charge in [0.1, 0.15) is 11.3 Å². The number of hydrogen-bond donors (Lipinski definition) is 4. The zero-order valence-corrected chi connectivity index (χ0v) is 9.41. The topological polar surface area (TPSA) is 127 Å². The number of ether oxygens (including phenoxy) is 1. The maximum Gasteiger partial charge on any atom is 0.347 e. The number of carbonyl (C=O) groups is 1. The number of aromatic nitrogens is 1. The van der Waals surface area contributed by atoms with Gasteiger partial charge >= 0.3 is 5.97 Å². The van der Waals surface area contributed by atoms with Crippen molar-refractivity contribution in [2.24, 2.45) is 0 Å². The Labute approximate surface area is 106 Å². The molecule has 0 spiro atoms. The van der Waals surface area contributed by atoms with E-state index in [2.05, 4.69) is 4.98 Å². The van der Waals surface area contributed by atoms with Crippen molar-refractivity contribution in [2.75, 3.05) is 0 Å². The third kappa shape index (κ3) is 2.42. The fourth-order valence-electron chi connectivity index (χ4n) is 1.42. The number of nitrogens with one attached hydrogen (secondary N) is 1. The highest BCUT2D eigenvalue weighted by molar-refractivity contribution is 5.94. The molecule has 0 bridgehead atoms. The fourth-order valence-corrected chi connectivity index (χ4v) is 1.42. The molecule has 4 N–H and O–H groups in total. The monoisotopic (exact) mass is 260 g/mol. The van der Waals surface area contributed by atoms with Gasteiger partial charge in [-0.25, -0.2) is 4.79 Å². The standard InChI is InChI=1S/C12H8N2O5/c13-5-6-1-2-7(8(15)3-6)12(18)19-9-4-10(16)14-11(9)17/h1-4,14-17H. The maximum atomic E-state index is 11.7. The van der Waals surface area contributed by atoms with Gasteiger partial charge in [-0.2, -0.15) is 5.26 Å². The first kappa shape index (κ1) is 12.3. The third-order valence-electron chi connectivity index (χ3n) is 2.30. The molecule has 0 aliphatic rings. The Bertz CT molecular complexity index is 684. The normalized spacial score (nSPS) is 9.84. The van der Waals surface area contributed by atoms with Crippen LogP contribution >= 0.6 is 0 Å². The van der Waals surface area contributed by atoms with Gasteiger partial charge in [0, 0.05) is 6.07 Å². The smallest absolute Gasteiger partial charge is 0.347 e. The van der Waals surface area contributed by atoms with Gasteiger partial charge in [0.05, 0.1) is 11.6 Å². The predicted octanol–water partition coefficient (Wildman–Crippen LogP) is 1.22. The molecule has 7 nitrogen and oxygen atoms in total. The Kier molecular flexibility index (Phi) is 3.00. The number of phenols is 1. The Morgan fingerprint density at radius 3 is 2.53 bits per heavy atom. The molecule has 2 rings (SSSR count). The Morgan fingerprint density at radius 2 is 2.00 bits per heavy atom. The highest BCUT2D eigenvalue weighted by Gasteiger charge is 2.17. The van der Waals surface area contributed by atoms with Crippen molar-refractivity contribution in [2.45, 2.75) is 0 Å². The number of carbonyl (C=O) groups excluding carboxylic acids is 1. The average molecular weight is 260 g/mol. The molecular formula is C12H8N2O5. The number of nitrogens with zero attached hydrogens (tertiary/aromatic N) is 1. The van der Waals surface area contributed by atoms with Gasteiger partial charge in [-0.1, -0.05) is 0 Å². The summed E-state index contributed by atoms with van der Waals surface area (Å²) in [6, 6.07) is 6.49. The molecule has 0 radical (unpaired) electrons. The fraction of sp³-hybridized carbons (Fsp3) is 0. The van der Waals surface area contributed by atoms with Crippen LogP contribution in [0.3, 0.4) is 0 Å². The Morgan fingerprint density at radius 1 is 1.26 bits per heavy atom. The van der Waals surface area contributed by atoms with Gasteiger partial charge in [0.2, 0.25) is 5.88 Å². The lowest BCUT2D eigenvalue weighted by Gasteiger charge is -2.04. The summed E-state index contributed by atoms with van der Waals surface area (Å²) in [5.41, 5.74) is 0.0234. The van der Waals surface area contributed by atoms with Crippen molar-refractivity contribution in [1.29, 1.82) is 5.26 Å². The SMILES string of the molecule is N#Cc1ccc(C(=O)Oc2cc(O)[nH]c2O)c(O)c1. The first-order valence-corrected chi connectivity index (χ1v) is 5.07. The molecule has 0 saturated carbocycles. The van der Waals surface area contributed by atoms with Crippen molar-refractivity contribution in [3.8, 4) is 29.3 Å². The number of nitriles is 1. The molecule has 19 heavy (non-hydrogen) atoms. The largest absolute Gasteiger partial charge is 0.507 e.